The number of carbonyl (C=O) groups is 1. The molecule has 2 aromatic heterocycles. The van der Waals surface area contributed by atoms with Crippen LogP contribution in [0.15, 0.2) is 34.9 Å². The van der Waals surface area contributed by atoms with Crippen LogP contribution in [0.3, 0.4) is 0 Å². The van der Waals surface area contributed by atoms with E-state index in [0.29, 0.717) is 20.6 Å². The third-order valence-corrected chi connectivity index (χ3v) is 5.13. The highest BCUT2D eigenvalue weighted by atomic mass is 35.5. The molecule has 0 fully saturated rings. The van der Waals surface area contributed by atoms with Gasteiger partial charge in [-0.2, -0.15) is 0 Å². The lowest BCUT2D eigenvalue weighted by Crippen LogP contribution is -2.09. The summed E-state index contributed by atoms with van der Waals surface area (Å²) in [6.45, 7) is 3.73. The Balaban J connectivity index is 1.82. The molecular formula is C16H12Cl2N2O2S. The van der Waals surface area contributed by atoms with Crippen molar-refractivity contribution in [2.75, 3.05) is 5.32 Å². The predicted octanol–water partition coefficient (Wildman–Crippen LogP) is 5.58. The van der Waals surface area contributed by atoms with E-state index in [4.69, 9.17) is 27.7 Å². The van der Waals surface area contributed by atoms with E-state index in [1.165, 1.54) is 11.3 Å². The van der Waals surface area contributed by atoms with Crippen LogP contribution < -0.4 is 5.32 Å². The van der Waals surface area contributed by atoms with Crippen molar-refractivity contribution in [3.8, 4) is 10.4 Å². The number of nitrogens with zero attached hydrogens (tertiary/aromatic N) is 1. The molecule has 0 aliphatic carbocycles. The Bertz CT molecular complexity index is 867. The number of carbonyl (C=O) groups excluding carboxylic acids is 1. The Labute approximate surface area is 147 Å². The maximum absolute atomic E-state index is 12.3. The van der Waals surface area contributed by atoms with Gasteiger partial charge < -0.3 is 9.84 Å². The summed E-state index contributed by atoms with van der Waals surface area (Å²) in [5, 5.41) is 7.58. The normalized spacial score (nSPS) is 10.8. The van der Waals surface area contributed by atoms with Crippen molar-refractivity contribution in [3.63, 3.8) is 0 Å². The Hall–Kier alpha value is -1.82. The van der Waals surface area contributed by atoms with Crippen LogP contribution in [-0.2, 0) is 0 Å². The number of hydrogen-bond acceptors (Lipinski definition) is 4. The molecule has 2 heterocycles. The van der Waals surface area contributed by atoms with Crippen LogP contribution in [0.4, 0.5) is 5.69 Å². The van der Waals surface area contributed by atoms with Crippen LogP contribution in [0.5, 0.6) is 0 Å². The van der Waals surface area contributed by atoms with Gasteiger partial charge in [-0.15, -0.1) is 11.3 Å². The second kappa shape index (κ2) is 6.35. The second-order valence-electron chi connectivity index (χ2n) is 4.95. The first-order valence-corrected chi connectivity index (χ1v) is 8.32. The Morgan fingerprint density at radius 3 is 2.61 bits per heavy atom. The fraction of sp³-hybridized carbons (Fsp3) is 0.125. The molecule has 0 aliphatic heterocycles. The first kappa shape index (κ1) is 16.1. The summed E-state index contributed by atoms with van der Waals surface area (Å²) in [6, 6.07) is 8.63. The highest BCUT2D eigenvalue weighted by molar-refractivity contribution is 7.17. The van der Waals surface area contributed by atoms with Crippen LogP contribution in [0.2, 0.25) is 10.0 Å². The molecule has 0 unspecified atom stereocenters. The van der Waals surface area contributed by atoms with Crippen molar-refractivity contribution >= 4 is 46.1 Å². The molecule has 0 radical (unpaired) electrons. The molecule has 0 atom stereocenters. The summed E-state index contributed by atoms with van der Waals surface area (Å²) in [4.78, 5) is 13.9. The maximum Gasteiger partial charge on any atom is 0.265 e. The molecule has 1 aromatic carbocycles. The van der Waals surface area contributed by atoms with Crippen LogP contribution in [-0.4, -0.2) is 11.1 Å². The van der Waals surface area contributed by atoms with Gasteiger partial charge >= 0.3 is 0 Å². The van der Waals surface area contributed by atoms with Gasteiger partial charge in [-0.25, -0.2) is 0 Å². The molecule has 0 saturated heterocycles. The first-order chi connectivity index (χ1) is 11.0. The molecule has 0 bridgehead atoms. The minimum absolute atomic E-state index is 0.202. The number of benzene rings is 1. The zero-order valence-corrected chi connectivity index (χ0v) is 14.6. The molecule has 4 nitrogen and oxygen atoms in total. The molecule has 1 amide bonds. The molecular weight excluding hydrogens is 355 g/mol. The van der Waals surface area contributed by atoms with E-state index in [0.717, 1.165) is 21.9 Å². The van der Waals surface area contributed by atoms with Crippen molar-refractivity contribution in [1.29, 1.82) is 0 Å². The van der Waals surface area contributed by atoms with Gasteiger partial charge in [0.2, 0.25) is 0 Å². The van der Waals surface area contributed by atoms with Crippen LogP contribution >= 0.6 is 34.5 Å². The number of thiophene rings is 1. The summed E-state index contributed by atoms with van der Waals surface area (Å²) < 4.78 is 5.17. The molecule has 3 rings (SSSR count). The van der Waals surface area contributed by atoms with Crippen molar-refractivity contribution in [1.82, 2.24) is 5.16 Å². The van der Waals surface area contributed by atoms with Gasteiger partial charge in [0.1, 0.15) is 5.76 Å². The van der Waals surface area contributed by atoms with Crippen LogP contribution in [0.1, 0.15) is 21.1 Å². The number of halogens is 2. The summed E-state index contributed by atoms with van der Waals surface area (Å²) in [6.07, 6.45) is 0. The van der Waals surface area contributed by atoms with Gasteiger partial charge in [0, 0.05) is 10.6 Å². The van der Waals surface area contributed by atoms with Gasteiger partial charge in [-0.05, 0) is 44.2 Å². The summed E-state index contributed by atoms with van der Waals surface area (Å²) in [5.41, 5.74) is 2.33. The molecule has 23 heavy (non-hydrogen) atoms. The molecule has 0 spiro atoms. The van der Waals surface area contributed by atoms with Crippen LogP contribution in [0.25, 0.3) is 10.4 Å². The first-order valence-electron chi connectivity index (χ1n) is 6.75. The monoisotopic (exact) mass is 366 g/mol. The smallest absolute Gasteiger partial charge is 0.265 e. The van der Waals surface area contributed by atoms with E-state index in [-0.39, 0.29) is 5.91 Å². The molecule has 0 saturated carbocycles. The molecule has 3 aromatic rings. The third-order valence-electron chi connectivity index (χ3n) is 3.29. The topological polar surface area (TPSA) is 55.1 Å². The van der Waals surface area contributed by atoms with Gasteiger partial charge in [-0.3, -0.25) is 4.79 Å². The predicted molar refractivity (Wildman–Crippen MR) is 93.7 cm³/mol. The zero-order chi connectivity index (χ0) is 16.6. The van der Waals surface area contributed by atoms with Gasteiger partial charge in [-0.1, -0.05) is 28.4 Å². The number of amides is 1. The average Bonchev–Trinajstić information content (AvgIpc) is 3.10. The quantitative estimate of drug-likeness (QED) is 0.658. The van der Waals surface area contributed by atoms with Crippen molar-refractivity contribution in [2.24, 2.45) is 0 Å². The molecule has 118 valence electrons. The maximum atomic E-state index is 12.3. The van der Waals surface area contributed by atoms with Gasteiger partial charge in [0.15, 0.2) is 0 Å². The average molecular weight is 367 g/mol. The Kier molecular flexibility index (Phi) is 4.43. The van der Waals surface area contributed by atoms with Crippen molar-refractivity contribution < 1.29 is 9.32 Å². The van der Waals surface area contributed by atoms with E-state index >= 15 is 0 Å². The lowest BCUT2D eigenvalue weighted by Gasteiger charge is -2.04. The highest BCUT2D eigenvalue weighted by Gasteiger charge is 2.16. The Morgan fingerprint density at radius 2 is 1.96 bits per heavy atom. The van der Waals surface area contributed by atoms with Crippen LogP contribution in [0, 0.1) is 13.8 Å². The minimum atomic E-state index is -0.202. The number of nitrogens with one attached hydrogen (secondary N) is 1. The standard InChI is InChI=1S/C16H12Cl2N2O2S/c1-8-15(9(2)22-20-8)13-5-6-14(23-13)16(21)19-10-3-4-11(17)12(18)7-10/h3-7H,1-2H3,(H,19,21). The number of aromatic nitrogens is 1. The minimum Gasteiger partial charge on any atom is -0.361 e. The molecule has 1 N–H and O–H groups in total. The summed E-state index contributed by atoms with van der Waals surface area (Å²) in [5.74, 6) is 0.534. The van der Waals surface area contributed by atoms with Crippen molar-refractivity contribution in [2.45, 2.75) is 13.8 Å². The lowest BCUT2D eigenvalue weighted by molar-refractivity contribution is 0.103. The van der Waals surface area contributed by atoms with Gasteiger partial charge in [0.05, 0.1) is 26.2 Å². The summed E-state index contributed by atoms with van der Waals surface area (Å²) in [7, 11) is 0. The zero-order valence-electron chi connectivity index (χ0n) is 12.3. The van der Waals surface area contributed by atoms with Crippen molar-refractivity contribution in [3.05, 3.63) is 56.7 Å². The SMILES string of the molecule is Cc1noc(C)c1-c1ccc(C(=O)Nc2ccc(Cl)c(Cl)c2)s1. The van der Waals surface area contributed by atoms with E-state index in [1.54, 1.807) is 24.3 Å². The number of anilines is 1. The fourth-order valence-corrected chi connectivity index (χ4v) is 3.54. The van der Waals surface area contributed by atoms with Gasteiger partial charge in [0.25, 0.3) is 5.91 Å². The van der Waals surface area contributed by atoms with E-state index in [9.17, 15) is 4.79 Å². The number of aryl methyl sites for hydroxylation is 2. The number of rotatable bonds is 3. The van der Waals surface area contributed by atoms with E-state index in [1.807, 2.05) is 19.9 Å². The largest absolute Gasteiger partial charge is 0.361 e. The molecule has 7 heteroatoms. The third kappa shape index (κ3) is 3.27. The molecule has 0 aliphatic rings. The van der Waals surface area contributed by atoms with E-state index in [2.05, 4.69) is 10.5 Å². The number of hydrogen-bond donors (Lipinski definition) is 1. The lowest BCUT2D eigenvalue weighted by atomic mass is 10.2. The van der Waals surface area contributed by atoms with E-state index < -0.39 is 0 Å². The Morgan fingerprint density at radius 1 is 1.17 bits per heavy atom. The fourth-order valence-electron chi connectivity index (χ4n) is 2.20. The summed E-state index contributed by atoms with van der Waals surface area (Å²) >= 11 is 13.2. The highest BCUT2D eigenvalue weighted by Crippen LogP contribution is 2.33. The second-order valence-corrected chi connectivity index (χ2v) is 6.84.